The minimum atomic E-state index is 0.0820. The zero-order chi connectivity index (χ0) is 15.5. The first-order valence-electron chi connectivity index (χ1n) is 6.75. The second kappa shape index (κ2) is 6.33. The summed E-state index contributed by atoms with van der Waals surface area (Å²) in [6, 6.07) is 11.5. The molecule has 112 valence electrons. The van der Waals surface area contributed by atoms with Crippen LogP contribution in [0.15, 0.2) is 36.4 Å². The van der Waals surface area contributed by atoms with E-state index in [1.165, 1.54) is 5.56 Å². The number of nitrogens with two attached hydrogens (primary N) is 1. The Morgan fingerprint density at radius 3 is 2.67 bits per heavy atom. The average molecular weight is 306 g/mol. The van der Waals surface area contributed by atoms with E-state index in [1.807, 2.05) is 18.2 Å². The molecular weight excluding hydrogens is 286 g/mol. The summed E-state index contributed by atoms with van der Waals surface area (Å²) < 4.78 is 5.79. The van der Waals surface area contributed by atoms with Crippen molar-refractivity contribution in [3.05, 3.63) is 52.7 Å². The number of anilines is 1. The number of hydrazine groups is 1. The van der Waals surface area contributed by atoms with Crippen LogP contribution >= 0.6 is 11.6 Å². The lowest BCUT2D eigenvalue weighted by Gasteiger charge is -2.19. The van der Waals surface area contributed by atoms with Gasteiger partial charge in [0.05, 0.1) is 10.7 Å². The third-order valence-electron chi connectivity index (χ3n) is 3.14. The third-order valence-corrected chi connectivity index (χ3v) is 3.49. The molecule has 0 aliphatic heterocycles. The number of halogens is 1. The van der Waals surface area contributed by atoms with E-state index in [-0.39, 0.29) is 5.41 Å². The van der Waals surface area contributed by atoms with Crippen LogP contribution in [0.3, 0.4) is 0 Å². The number of benzene rings is 1. The molecular formula is C16H20ClN3O. The summed E-state index contributed by atoms with van der Waals surface area (Å²) in [6.45, 7) is 6.80. The normalized spacial score (nSPS) is 11.3. The van der Waals surface area contributed by atoms with Gasteiger partial charge in [-0.2, -0.15) is 0 Å². The molecule has 0 aliphatic carbocycles. The lowest BCUT2D eigenvalue weighted by atomic mass is 9.87. The second-order valence-corrected chi connectivity index (χ2v) is 6.24. The Kier molecular flexibility index (Phi) is 4.70. The molecule has 1 aromatic heterocycles. The number of hydrogen-bond donors (Lipinski definition) is 2. The van der Waals surface area contributed by atoms with Crippen LogP contribution in [0.5, 0.6) is 5.75 Å². The maximum Gasteiger partial charge on any atom is 0.140 e. The zero-order valence-electron chi connectivity index (χ0n) is 12.5. The summed E-state index contributed by atoms with van der Waals surface area (Å²) in [5.41, 5.74) is 4.44. The molecule has 0 spiro atoms. The molecule has 2 aromatic rings. The number of ether oxygens (including phenoxy) is 1. The van der Waals surface area contributed by atoms with E-state index < -0.39 is 0 Å². The molecule has 0 bridgehead atoms. The lowest BCUT2D eigenvalue weighted by molar-refractivity contribution is 0.301. The standard InChI is InChI=1S/C16H20ClN3O/c1-16(2,3)11-5-4-6-12(9-11)21-10-14-13(17)7-8-15(19-14)20-18/h4-9H,10,18H2,1-3H3,(H,19,20). The lowest BCUT2D eigenvalue weighted by Crippen LogP contribution is -2.11. The summed E-state index contributed by atoms with van der Waals surface area (Å²) in [6.07, 6.45) is 0. The summed E-state index contributed by atoms with van der Waals surface area (Å²) in [5.74, 6) is 6.70. The molecule has 4 nitrogen and oxygen atoms in total. The molecule has 0 saturated heterocycles. The van der Waals surface area contributed by atoms with Gasteiger partial charge in [-0.15, -0.1) is 0 Å². The van der Waals surface area contributed by atoms with Crippen molar-refractivity contribution in [3.63, 3.8) is 0 Å². The molecule has 0 atom stereocenters. The van der Waals surface area contributed by atoms with Gasteiger partial charge in [0.25, 0.3) is 0 Å². The van der Waals surface area contributed by atoms with Crippen molar-refractivity contribution in [2.45, 2.75) is 32.8 Å². The van der Waals surface area contributed by atoms with E-state index >= 15 is 0 Å². The minimum Gasteiger partial charge on any atom is -0.487 e. The Morgan fingerprint density at radius 1 is 1.24 bits per heavy atom. The summed E-state index contributed by atoms with van der Waals surface area (Å²) >= 11 is 6.11. The van der Waals surface area contributed by atoms with Gasteiger partial charge < -0.3 is 10.2 Å². The zero-order valence-corrected chi connectivity index (χ0v) is 13.2. The van der Waals surface area contributed by atoms with Crippen LogP contribution in [0.4, 0.5) is 5.82 Å². The van der Waals surface area contributed by atoms with Gasteiger partial charge in [0.1, 0.15) is 18.2 Å². The first kappa shape index (κ1) is 15.6. The molecule has 3 N–H and O–H groups in total. The van der Waals surface area contributed by atoms with Gasteiger partial charge in [-0.3, -0.25) is 0 Å². The van der Waals surface area contributed by atoms with Crippen LogP contribution < -0.4 is 16.0 Å². The highest BCUT2D eigenvalue weighted by Crippen LogP contribution is 2.26. The molecule has 0 aliphatic rings. The van der Waals surface area contributed by atoms with Crippen molar-refractivity contribution in [1.29, 1.82) is 0 Å². The Bertz CT molecular complexity index is 623. The first-order chi connectivity index (χ1) is 9.90. The number of rotatable bonds is 4. The molecule has 0 amide bonds. The summed E-state index contributed by atoms with van der Waals surface area (Å²) in [7, 11) is 0. The van der Waals surface area contributed by atoms with Crippen LogP contribution in [-0.4, -0.2) is 4.98 Å². The van der Waals surface area contributed by atoms with E-state index in [9.17, 15) is 0 Å². The number of pyridine rings is 1. The fraction of sp³-hybridized carbons (Fsp3) is 0.312. The average Bonchev–Trinajstić information content (AvgIpc) is 2.46. The van der Waals surface area contributed by atoms with Crippen molar-refractivity contribution < 1.29 is 4.74 Å². The van der Waals surface area contributed by atoms with E-state index in [1.54, 1.807) is 12.1 Å². The largest absolute Gasteiger partial charge is 0.487 e. The highest BCUT2D eigenvalue weighted by Gasteiger charge is 2.14. The van der Waals surface area contributed by atoms with E-state index in [4.69, 9.17) is 22.2 Å². The first-order valence-corrected chi connectivity index (χ1v) is 7.13. The van der Waals surface area contributed by atoms with Crippen molar-refractivity contribution in [3.8, 4) is 5.75 Å². The molecule has 21 heavy (non-hydrogen) atoms. The fourth-order valence-corrected chi connectivity index (χ4v) is 2.03. The quantitative estimate of drug-likeness (QED) is 0.664. The van der Waals surface area contributed by atoms with Gasteiger partial charge in [-0.05, 0) is 35.2 Å². The van der Waals surface area contributed by atoms with Crippen molar-refractivity contribution in [2.75, 3.05) is 5.43 Å². The molecule has 0 fully saturated rings. The van der Waals surface area contributed by atoms with Crippen LogP contribution in [0, 0.1) is 0 Å². The van der Waals surface area contributed by atoms with Gasteiger partial charge in [-0.1, -0.05) is 44.5 Å². The predicted molar refractivity (Wildman–Crippen MR) is 86.5 cm³/mol. The topological polar surface area (TPSA) is 60.2 Å². The number of nitrogen functional groups attached to an aromatic ring is 1. The monoisotopic (exact) mass is 305 g/mol. The molecule has 2 rings (SSSR count). The Labute approximate surface area is 130 Å². The third kappa shape index (κ3) is 4.09. The number of hydrogen-bond acceptors (Lipinski definition) is 4. The Morgan fingerprint density at radius 2 is 2.00 bits per heavy atom. The molecule has 1 aromatic carbocycles. The van der Waals surface area contributed by atoms with Crippen molar-refractivity contribution in [1.82, 2.24) is 4.98 Å². The van der Waals surface area contributed by atoms with Gasteiger partial charge in [-0.25, -0.2) is 10.8 Å². The molecule has 0 radical (unpaired) electrons. The highest BCUT2D eigenvalue weighted by atomic mass is 35.5. The number of aromatic nitrogens is 1. The number of nitrogens with zero attached hydrogens (tertiary/aromatic N) is 1. The summed E-state index contributed by atoms with van der Waals surface area (Å²) in [4.78, 5) is 4.28. The maximum absolute atomic E-state index is 6.11. The van der Waals surface area contributed by atoms with Crippen LogP contribution in [-0.2, 0) is 12.0 Å². The molecule has 5 heteroatoms. The predicted octanol–water partition coefficient (Wildman–Crippen LogP) is 3.90. The van der Waals surface area contributed by atoms with Crippen LogP contribution in [0.1, 0.15) is 32.0 Å². The highest BCUT2D eigenvalue weighted by molar-refractivity contribution is 6.31. The molecule has 1 heterocycles. The Balaban J connectivity index is 2.13. The smallest absolute Gasteiger partial charge is 0.140 e. The van der Waals surface area contributed by atoms with Crippen molar-refractivity contribution in [2.24, 2.45) is 5.84 Å². The van der Waals surface area contributed by atoms with Gasteiger partial charge in [0, 0.05) is 0 Å². The van der Waals surface area contributed by atoms with Gasteiger partial charge in [0.15, 0.2) is 0 Å². The minimum absolute atomic E-state index is 0.0820. The summed E-state index contributed by atoms with van der Waals surface area (Å²) in [5, 5.41) is 0.556. The number of nitrogens with one attached hydrogen (secondary N) is 1. The van der Waals surface area contributed by atoms with E-state index in [0.29, 0.717) is 23.1 Å². The molecule has 0 saturated carbocycles. The fourth-order valence-electron chi connectivity index (χ4n) is 1.87. The second-order valence-electron chi connectivity index (χ2n) is 5.84. The van der Waals surface area contributed by atoms with Crippen molar-refractivity contribution >= 4 is 17.4 Å². The van der Waals surface area contributed by atoms with E-state index in [2.05, 4.69) is 37.2 Å². The van der Waals surface area contributed by atoms with Crippen LogP contribution in [0.2, 0.25) is 5.02 Å². The van der Waals surface area contributed by atoms with Crippen LogP contribution in [0.25, 0.3) is 0 Å². The van der Waals surface area contributed by atoms with Gasteiger partial charge in [0.2, 0.25) is 0 Å². The SMILES string of the molecule is CC(C)(C)c1cccc(OCc2nc(NN)ccc2Cl)c1. The maximum atomic E-state index is 6.11. The van der Waals surface area contributed by atoms with E-state index in [0.717, 1.165) is 5.75 Å². The van der Waals surface area contributed by atoms with Gasteiger partial charge >= 0.3 is 0 Å². The Hall–Kier alpha value is -1.78. The molecule has 0 unspecified atom stereocenters.